The Morgan fingerprint density at radius 2 is 2.00 bits per heavy atom. The Morgan fingerprint density at radius 1 is 1.20 bits per heavy atom. The summed E-state index contributed by atoms with van der Waals surface area (Å²) < 4.78 is 0. The summed E-state index contributed by atoms with van der Waals surface area (Å²) in [5, 5.41) is 8.97. The van der Waals surface area contributed by atoms with Crippen LogP contribution in [0.25, 0.3) is 0 Å². The second-order valence-corrected chi connectivity index (χ2v) is 5.95. The molecule has 2 aliphatic rings. The molecule has 2 atom stereocenters. The molecule has 0 aromatic heterocycles. The van der Waals surface area contributed by atoms with Crippen molar-refractivity contribution in [2.45, 2.75) is 44.6 Å². The molecule has 1 saturated carbocycles. The normalized spacial score (nSPS) is 25.6. The van der Waals surface area contributed by atoms with E-state index in [0.717, 1.165) is 19.4 Å². The maximum Gasteiger partial charge on any atom is 0.254 e. The topological polar surface area (TPSA) is 44.1 Å². The zero-order valence-electron chi connectivity index (χ0n) is 11.7. The van der Waals surface area contributed by atoms with Crippen molar-refractivity contribution in [1.29, 1.82) is 5.26 Å². The van der Waals surface area contributed by atoms with Gasteiger partial charge in [-0.3, -0.25) is 4.79 Å². The van der Waals surface area contributed by atoms with Gasteiger partial charge in [0.25, 0.3) is 5.91 Å². The molecule has 1 heterocycles. The third kappa shape index (κ3) is 2.43. The van der Waals surface area contributed by atoms with Crippen LogP contribution in [0, 0.1) is 17.2 Å². The number of hydrogen-bond donors (Lipinski definition) is 0. The average Bonchev–Trinajstić information content (AvgIpc) is 2.53. The number of carbonyl (C=O) groups is 1. The summed E-state index contributed by atoms with van der Waals surface area (Å²) in [5.41, 5.74) is 1.23. The molecule has 20 heavy (non-hydrogen) atoms. The van der Waals surface area contributed by atoms with Crippen molar-refractivity contribution in [3.63, 3.8) is 0 Å². The van der Waals surface area contributed by atoms with Crippen LogP contribution < -0.4 is 0 Å². The Balaban J connectivity index is 1.83. The van der Waals surface area contributed by atoms with Gasteiger partial charge in [0.2, 0.25) is 0 Å². The zero-order chi connectivity index (χ0) is 13.9. The van der Waals surface area contributed by atoms with Crippen LogP contribution in [0.4, 0.5) is 0 Å². The van der Waals surface area contributed by atoms with E-state index in [9.17, 15) is 4.79 Å². The average molecular weight is 268 g/mol. The highest BCUT2D eigenvalue weighted by Crippen LogP contribution is 2.35. The first-order chi connectivity index (χ1) is 9.79. The summed E-state index contributed by atoms with van der Waals surface area (Å²) in [5.74, 6) is 0.805. The van der Waals surface area contributed by atoms with Crippen LogP contribution in [0.15, 0.2) is 24.3 Å². The van der Waals surface area contributed by atoms with Crippen molar-refractivity contribution in [2.75, 3.05) is 6.54 Å². The molecule has 1 aliphatic carbocycles. The molecule has 0 spiro atoms. The van der Waals surface area contributed by atoms with Crippen molar-refractivity contribution in [3.05, 3.63) is 35.4 Å². The monoisotopic (exact) mass is 268 g/mol. The van der Waals surface area contributed by atoms with Gasteiger partial charge in [0.05, 0.1) is 11.6 Å². The van der Waals surface area contributed by atoms with Crippen LogP contribution in [-0.4, -0.2) is 23.4 Å². The highest BCUT2D eigenvalue weighted by Gasteiger charge is 2.35. The van der Waals surface area contributed by atoms with Crippen molar-refractivity contribution in [2.24, 2.45) is 5.92 Å². The van der Waals surface area contributed by atoms with Crippen LogP contribution in [0.3, 0.4) is 0 Å². The van der Waals surface area contributed by atoms with E-state index in [4.69, 9.17) is 5.26 Å². The summed E-state index contributed by atoms with van der Waals surface area (Å²) in [6, 6.07) is 9.63. The molecule has 0 radical (unpaired) electrons. The van der Waals surface area contributed by atoms with Crippen molar-refractivity contribution < 1.29 is 4.79 Å². The predicted octanol–water partition coefficient (Wildman–Crippen LogP) is 3.35. The second-order valence-electron chi connectivity index (χ2n) is 5.95. The minimum absolute atomic E-state index is 0.110. The largest absolute Gasteiger partial charge is 0.335 e. The van der Waals surface area contributed by atoms with Crippen LogP contribution >= 0.6 is 0 Å². The van der Waals surface area contributed by atoms with Crippen molar-refractivity contribution >= 4 is 5.91 Å². The van der Waals surface area contributed by atoms with Gasteiger partial charge in [0, 0.05) is 18.2 Å². The summed E-state index contributed by atoms with van der Waals surface area (Å²) in [6.45, 7) is 0.872. The molecule has 3 rings (SSSR count). The fraction of sp³-hybridized carbons (Fsp3) is 0.529. The van der Waals surface area contributed by atoms with Gasteiger partial charge in [-0.25, -0.2) is 0 Å². The van der Waals surface area contributed by atoms with E-state index in [1.54, 1.807) is 18.2 Å². The van der Waals surface area contributed by atoms with E-state index in [0.29, 0.717) is 23.1 Å². The lowest BCUT2D eigenvalue weighted by Crippen LogP contribution is -2.49. The molecule has 0 N–H and O–H groups in total. The highest BCUT2D eigenvalue weighted by molar-refractivity contribution is 5.94. The summed E-state index contributed by atoms with van der Waals surface area (Å²) >= 11 is 0. The summed E-state index contributed by atoms with van der Waals surface area (Å²) in [7, 11) is 0. The molecule has 1 aliphatic heterocycles. The lowest BCUT2D eigenvalue weighted by atomic mass is 9.78. The number of rotatable bonds is 1. The lowest BCUT2D eigenvalue weighted by molar-refractivity contribution is 0.0390. The number of carbonyl (C=O) groups excluding carboxylic acids is 1. The maximum atomic E-state index is 12.7. The first-order valence-corrected chi connectivity index (χ1v) is 7.61. The minimum atomic E-state index is 0.110. The molecule has 2 unspecified atom stereocenters. The number of benzene rings is 1. The third-order valence-corrected chi connectivity index (χ3v) is 4.74. The van der Waals surface area contributed by atoms with E-state index in [2.05, 4.69) is 11.0 Å². The molecule has 1 aromatic carbocycles. The van der Waals surface area contributed by atoms with E-state index in [1.807, 2.05) is 6.07 Å². The number of nitrogens with zero attached hydrogens (tertiary/aromatic N) is 2. The minimum Gasteiger partial charge on any atom is -0.335 e. The Bertz CT molecular complexity index is 544. The smallest absolute Gasteiger partial charge is 0.254 e. The van der Waals surface area contributed by atoms with Gasteiger partial charge in [-0.15, -0.1) is 0 Å². The highest BCUT2D eigenvalue weighted by atomic mass is 16.2. The van der Waals surface area contributed by atoms with Gasteiger partial charge in [0.1, 0.15) is 0 Å². The number of hydrogen-bond acceptors (Lipinski definition) is 2. The fourth-order valence-corrected chi connectivity index (χ4v) is 3.76. The quantitative estimate of drug-likeness (QED) is 0.784. The molecule has 1 amide bonds. The number of piperidine rings is 1. The summed E-state index contributed by atoms with van der Waals surface area (Å²) in [6.07, 6.45) is 7.36. The van der Waals surface area contributed by atoms with Crippen molar-refractivity contribution in [1.82, 2.24) is 4.90 Å². The van der Waals surface area contributed by atoms with Crippen LogP contribution in [-0.2, 0) is 0 Å². The molecule has 0 bridgehead atoms. The van der Waals surface area contributed by atoms with E-state index < -0.39 is 0 Å². The lowest BCUT2D eigenvalue weighted by Gasteiger charge is -2.44. The van der Waals surface area contributed by atoms with Crippen LogP contribution in [0.2, 0.25) is 0 Å². The van der Waals surface area contributed by atoms with Gasteiger partial charge in [-0.05, 0) is 49.8 Å². The van der Waals surface area contributed by atoms with Gasteiger partial charge < -0.3 is 4.90 Å². The molecule has 1 saturated heterocycles. The van der Waals surface area contributed by atoms with Crippen molar-refractivity contribution in [3.8, 4) is 6.07 Å². The number of nitriles is 1. The van der Waals surface area contributed by atoms with E-state index in [1.165, 1.54) is 25.7 Å². The van der Waals surface area contributed by atoms with Crippen LogP contribution in [0.1, 0.15) is 54.4 Å². The van der Waals surface area contributed by atoms with E-state index >= 15 is 0 Å². The molecule has 3 heteroatoms. The van der Waals surface area contributed by atoms with Gasteiger partial charge in [-0.2, -0.15) is 5.26 Å². The molecule has 1 aromatic rings. The molecular formula is C17H20N2O. The third-order valence-electron chi connectivity index (χ3n) is 4.74. The second kappa shape index (κ2) is 5.66. The predicted molar refractivity (Wildman–Crippen MR) is 77.2 cm³/mol. The Labute approximate surface area is 120 Å². The number of amides is 1. The van der Waals surface area contributed by atoms with Crippen LogP contribution in [0.5, 0.6) is 0 Å². The Hall–Kier alpha value is -1.82. The fourth-order valence-electron chi connectivity index (χ4n) is 3.76. The first kappa shape index (κ1) is 13.2. The number of fused-ring (bicyclic) bond motifs is 1. The molecular weight excluding hydrogens is 248 g/mol. The summed E-state index contributed by atoms with van der Waals surface area (Å²) in [4.78, 5) is 14.8. The molecule has 3 nitrogen and oxygen atoms in total. The first-order valence-electron chi connectivity index (χ1n) is 7.61. The zero-order valence-corrected chi connectivity index (χ0v) is 11.7. The standard InChI is InChI=1S/C17H20N2O/c18-12-13-5-3-7-15(11-13)17(20)19-10-4-8-14-6-1-2-9-16(14)19/h3,5,7,11,14,16H,1-2,4,6,8-10H2. The molecule has 104 valence electrons. The Kier molecular flexibility index (Phi) is 3.73. The Morgan fingerprint density at radius 3 is 2.85 bits per heavy atom. The maximum absolute atomic E-state index is 12.7. The number of likely N-dealkylation sites (tertiary alicyclic amines) is 1. The SMILES string of the molecule is N#Cc1cccc(C(=O)N2CCCC3CCCCC32)c1. The van der Waals surface area contributed by atoms with Gasteiger partial charge >= 0.3 is 0 Å². The van der Waals surface area contributed by atoms with Gasteiger partial charge in [0.15, 0.2) is 0 Å². The van der Waals surface area contributed by atoms with E-state index in [-0.39, 0.29) is 5.91 Å². The van der Waals surface area contributed by atoms with Gasteiger partial charge in [-0.1, -0.05) is 18.9 Å². The molecule has 2 fully saturated rings.